The van der Waals surface area contributed by atoms with Crippen molar-refractivity contribution in [2.24, 2.45) is 0 Å². The molecule has 0 unspecified atom stereocenters. The number of rotatable bonds is 9. The van der Waals surface area contributed by atoms with Gasteiger partial charge in [0.15, 0.2) is 23.0 Å². The van der Waals surface area contributed by atoms with Gasteiger partial charge in [-0.3, -0.25) is 19.3 Å². The van der Waals surface area contributed by atoms with Gasteiger partial charge in [-0.25, -0.2) is 0 Å². The van der Waals surface area contributed by atoms with E-state index in [-0.39, 0.29) is 11.7 Å². The highest BCUT2D eigenvalue weighted by molar-refractivity contribution is 9.10. The largest absolute Gasteiger partial charge is 0.490 e. The van der Waals surface area contributed by atoms with E-state index in [4.69, 9.17) is 30.5 Å². The topological polar surface area (TPSA) is 103 Å². The van der Waals surface area contributed by atoms with Crippen molar-refractivity contribution in [3.63, 3.8) is 0 Å². The Balaban J connectivity index is 1.28. The van der Waals surface area contributed by atoms with Gasteiger partial charge in [0, 0.05) is 16.8 Å². The van der Waals surface area contributed by atoms with Crippen LogP contribution in [0.4, 0.5) is 10.5 Å². The summed E-state index contributed by atoms with van der Waals surface area (Å²) in [5.74, 6) is 0.973. The standard InChI is InChI=1S/C28H22BrClN2O7S/c1-2-36-23-10-17(9-20(29)26(23)37-14-16-3-5-18(30)6-4-16)11-24-27(34)32(28(35)40-24)13-25(33)31-19-7-8-21-22(12-19)39-15-38-21/h3-12H,2,13-15H2,1H3,(H,31,33)/b24-11+. The molecule has 12 heteroatoms. The summed E-state index contributed by atoms with van der Waals surface area (Å²) in [5.41, 5.74) is 2.01. The van der Waals surface area contributed by atoms with Crippen LogP contribution in [0.25, 0.3) is 6.08 Å². The molecule has 0 saturated carbocycles. The second-order valence-corrected chi connectivity index (χ2v) is 10.8. The van der Waals surface area contributed by atoms with Crippen LogP contribution in [0.5, 0.6) is 23.0 Å². The molecule has 2 heterocycles. The number of halogens is 2. The van der Waals surface area contributed by atoms with Crippen molar-refractivity contribution in [3.05, 3.63) is 80.1 Å². The van der Waals surface area contributed by atoms with Crippen molar-refractivity contribution < 1.29 is 33.3 Å². The molecule has 1 saturated heterocycles. The fourth-order valence-electron chi connectivity index (χ4n) is 3.92. The van der Waals surface area contributed by atoms with Gasteiger partial charge in [0.25, 0.3) is 11.1 Å². The Bertz CT molecular complexity index is 1510. The number of amides is 3. The predicted octanol–water partition coefficient (Wildman–Crippen LogP) is 6.48. The van der Waals surface area contributed by atoms with E-state index in [0.717, 1.165) is 22.2 Å². The lowest BCUT2D eigenvalue weighted by molar-refractivity contribution is -0.127. The van der Waals surface area contributed by atoms with Gasteiger partial charge in [0.1, 0.15) is 13.2 Å². The summed E-state index contributed by atoms with van der Waals surface area (Å²) in [5, 5.41) is 2.77. The van der Waals surface area contributed by atoms with E-state index in [1.165, 1.54) is 0 Å². The van der Waals surface area contributed by atoms with Crippen LogP contribution >= 0.6 is 39.3 Å². The molecule has 2 aliphatic rings. The smallest absolute Gasteiger partial charge is 0.294 e. The van der Waals surface area contributed by atoms with Crippen LogP contribution < -0.4 is 24.3 Å². The number of fused-ring (bicyclic) bond motifs is 1. The van der Waals surface area contributed by atoms with Crippen LogP contribution in [-0.2, 0) is 16.2 Å². The van der Waals surface area contributed by atoms with Crippen molar-refractivity contribution in [2.75, 3.05) is 25.3 Å². The maximum absolute atomic E-state index is 13.0. The SMILES string of the molecule is CCOc1cc(/C=C2/SC(=O)N(CC(=O)Nc3ccc4c(c3)OCO4)C2=O)cc(Br)c1OCc1ccc(Cl)cc1. The summed E-state index contributed by atoms with van der Waals surface area (Å²) >= 11 is 10.3. The number of nitrogens with one attached hydrogen (secondary N) is 1. The van der Waals surface area contributed by atoms with Gasteiger partial charge in [-0.1, -0.05) is 23.7 Å². The minimum atomic E-state index is -0.562. The average molecular weight is 646 g/mol. The lowest BCUT2D eigenvalue weighted by Gasteiger charge is -2.15. The number of benzene rings is 3. The van der Waals surface area contributed by atoms with Crippen LogP contribution in [0.15, 0.2) is 64.0 Å². The first kappa shape index (κ1) is 27.9. The molecule has 0 bridgehead atoms. The molecule has 0 radical (unpaired) electrons. The van der Waals surface area contributed by atoms with E-state index in [2.05, 4.69) is 21.2 Å². The van der Waals surface area contributed by atoms with Gasteiger partial charge < -0.3 is 24.3 Å². The third-order valence-electron chi connectivity index (χ3n) is 5.76. The molecule has 0 aliphatic carbocycles. The zero-order chi connectivity index (χ0) is 28.2. The van der Waals surface area contributed by atoms with Crippen LogP contribution in [0, 0.1) is 0 Å². The monoisotopic (exact) mass is 644 g/mol. The van der Waals surface area contributed by atoms with Crippen LogP contribution in [-0.4, -0.2) is 41.9 Å². The number of hydrogen-bond donors (Lipinski definition) is 1. The molecule has 5 rings (SSSR count). The molecule has 1 N–H and O–H groups in total. The molecular weight excluding hydrogens is 624 g/mol. The first-order valence-corrected chi connectivity index (χ1v) is 14.1. The van der Waals surface area contributed by atoms with Crippen molar-refractivity contribution in [1.82, 2.24) is 4.90 Å². The molecule has 1 fully saturated rings. The van der Waals surface area contributed by atoms with E-state index < -0.39 is 23.6 Å². The minimum absolute atomic E-state index is 0.109. The lowest BCUT2D eigenvalue weighted by atomic mass is 10.1. The Kier molecular flexibility index (Phi) is 8.53. The van der Waals surface area contributed by atoms with E-state index in [1.807, 2.05) is 19.1 Å². The van der Waals surface area contributed by atoms with Crippen molar-refractivity contribution >= 4 is 68.1 Å². The first-order valence-electron chi connectivity index (χ1n) is 12.1. The molecular formula is C28H22BrClN2O7S. The summed E-state index contributed by atoms with van der Waals surface area (Å²) in [6.07, 6.45) is 1.58. The third kappa shape index (κ3) is 6.38. The van der Waals surface area contributed by atoms with E-state index in [9.17, 15) is 14.4 Å². The Morgan fingerprint density at radius 3 is 2.65 bits per heavy atom. The van der Waals surface area contributed by atoms with E-state index in [0.29, 0.717) is 57.0 Å². The van der Waals surface area contributed by atoms with Crippen LogP contribution in [0.2, 0.25) is 5.02 Å². The average Bonchev–Trinajstić information content (AvgIpc) is 3.49. The number of anilines is 1. The molecule has 2 aliphatic heterocycles. The van der Waals surface area contributed by atoms with E-state index >= 15 is 0 Å². The van der Waals surface area contributed by atoms with Gasteiger partial charge >= 0.3 is 0 Å². The van der Waals surface area contributed by atoms with Gasteiger partial charge in [0.05, 0.1) is 16.0 Å². The molecule has 0 spiro atoms. The zero-order valence-electron chi connectivity index (χ0n) is 21.1. The number of carbonyl (C=O) groups is 3. The Labute approximate surface area is 247 Å². The highest BCUT2D eigenvalue weighted by Crippen LogP contribution is 2.40. The number of nitrogens with zero attached hydrogens (tertiary/aromatic N) is 1. The summed E-state index contributed by atoms with van der Waals surface area (Å²) in [7, 11) is 0. The molecule has 0 aromatic heterocycles. The molecule has 3 aromatic rings. The Hall–Kier alpha value is -3.67. The minimum Gasteiger partial charge on any atom is -0.490 e. The summed E-state index contributed by atoms with van der Waals surface area (Å²) in [6, 6.07) is 15.7. The highest BCUT2D eigenvalue weighted by atomic mass is 79.9. The maximum atomic E-state index is 13.0. The second kappa shape index (κ2) is 12.2. The summed E-state index contributed by atoms with van der Waals surface area (Å²) in [4.78, 5) is 39.3. The third-order valence-corrected chi connectivity index (χ3v) is 7.51. The number of hydrogen-bond acceptors (Lipinski definition) is 8. The van der Waals surface area contributed by atoms with Gasteiger partial charge in [0.2, 0.25) is 12.7 Å². The zero-order valence-corrected chi connectivity index (χ0v) is 24.2. The fourth-order valence-corrected chi connectivity index (χ4v) is 5.45. The highest BCUT2D eigenvalue weighted by Gasteiger charge is 2.36. The molecule has 206 valence electrons. The molecule has 3 aromatic carbocycles. The fraction of sp³-hybridized carbons (Fsp3) is 0.179. The summed E-state index contributed by atoms with van der Waals surface area (Å²) < 4.78 is 23.0. The van der Waals surface area contributed by atoms with Crippen molar-refractivity contribution in [3.8, 4) is 23.0 Å². The number of ether oxygens (including phenoxy) is 4. The molecule has 3 amide bonds. The maximum Gasteiger partial charge on any atom is 0.294 e. The number of carbonyl (C=O) groups excluding carboxylic acids is 3. The van der Waals surface area contributed by atoms with Gasteiger partial charge in [-0.2, -0.15) is 0 Å². The Morgan fingerprint density at radius 2 is 1.88 bits per heavy atom. The van der Waals surface area contributed by atoms with Crippen LogP contribution in [0.3, 0.4) is 0 Å². The summed E-state index contributed by atoms with van der Waals surface area (Å²) in [6.45, 7) is 2.22. The molecule has 9 nitrogen and oxygen atoms in total. The quantitative estimate of drug-likeness (QED) is 0.264. The lowest BCUT2D eigenvalue weighted by Crippen LogP contribution is -2.36. The second-order valence-electron chi connectivity index (χ2n) is 8.56. The van der Waals surface area contributed by atoms with Crippen LogP contribution in [0.1, 0.15) is 18.1 Å². The van der Waals surface area contributed by atoms with Crippen molar-refractivity contribution in [1.29, 1.82) is 0 Å². The first-order chi connectivity index (χ1) is 19.3. The van der Waals surface area contributed by atoms with E-state index in [1.54, 1.807) is 48.5 Å². The van der Waals surface area contributed by atoms with Gasteiger partial charge in [-0.05, 0) is 88.2 Å². The van der Waals surface area contributed by atoms with Crippen molar-refractivity contribution in [2.45, 2.75) is 13.5 Å². The Morgan fingerprint density at radius 1 is 1.10 bits per heavy atom. The number of imide groups is 1. The van der Waals surface area contributed by atoms with Gasteiger partial charge in [-0.15, -0.1) is 0 Å². The predicted molar refractivity (Wildman–Crippen MR) is 155 cm³/mol. The normalized spacial score (nSPS) is 15.1. The number of thioether (sulfide) groups is 1. The molecule has 0 atom stereocenters. The molecule has 40 heavy (non-hydrogen) atoms.